The van der Waals surface area contributed by atoms with Crippen LogP contribution in [0, 0.1) is 13.8 Å². The van der Waals surface area contributed by atoms with Gasteiger partial charge in [-0.3, -0.25) is 4.98 Å². The van der Waals surface area contributed by atoms with Gasteiger partial charge in [0.05, 0.1) is 16.8 Å². The predicted octanol–water partition coefficient (Wildman–Crippen LogP) is 2.00. The summed E-state index contributed by atoms with van der Waals surface area (Å²) in [5.74, 6) is 0. The number of nitrogens with zero attached hydrogens (tertiary/aromatic N) is 1. The highest BCUT2D eigenvalue weighted by atomic mass is 16.7. The maximum Gasteiger partial charge on any atom is 0.514 e. The van der Waals surface area contributed by atoms with Gasteiger partial charge in [-0.2, -0.15) is 0 Å². The Morgan fingerprint density at radius 3 is 2.12 bits per heavy atom. The number of aromatic nitrogens is 1. The summed E-state index contributed by atoms with van der Waals surface area (Å²) in [5, 5.41) is 0. The molecule has 1 aliphatic rings. The van der Waals surface area contributed by atoms with E-state index in [1.54, 1.807) is 0 Å². The van der Waals surface area contributed by atoms with E-state index < -0.39 is 0 Å². The fourth-order valence-corrected chi connectivity index (χ4v) is 1.85. The van der Waals surface area contributed by atoms with E-state index in [1.807, 2.05) is 12.3 Å². The van der Waals surface area contributed by atoms with Crippen LogP contribution in [0.5, 0.6) is 0 Å². The van der Waals surface area contributed by atoms with Gasteiger partial charge in [0.25, 0.3) is 0 Å². The first kappa shape index (κ1) is 12.6. The van der Waals surface area contributed by atoms with Gasteiger partial charge in [0.2, 0.25) is 0 Å². The Balaban J connectivity index is 2.36. The van der Waals surface area contributed by atoms with E-state index in [1.165, 1.54) is 5.56 Å². The standard InChI is InChI=1S/C13H20BNO2/c1-9-7-8-15-11(10(9)2)14-16-12(3,4)13(5,6)17-14/h7-8H,1-6H3. The summed E-state index contributed by atoms with van der Waals surface area (Å²) in [5.41, 5.74) is 2.63. The summed E-state index contributed by atoms with van der Waals surface area (Å²) in [6, 6.07) is 2.00. The van der Waals surface area contributed by atoms with Crippen molar-refractivity contribution in [1.29, 1.82) is 0 Å². The average molecular weight is 233 g/mol. The van der Waals surface area contributed by atoms with Crippen molar-refractivity contribution in [2.75, 3.05) is 0 Å². The van der Waals surface area contributed by atoms with E-state index in [4.69, 9.17) is 9.31 Å². The van der Waals surface area contributed by atoms with Crippen molar-refractivity contribution in [3.8, 4) is 0 Å². The first-order valence-corrected chi connectivity index (χ1v) is 6.02. The smallest absolute Gasteiger partial charge is 0.398 e. The Kier molecular flexibility index (Phi) is 2.83. The molecule has 1 saturated heterocycles. The van der Waals surface area contributed by atoms with E-state index >= 15 is 0 Å². The zero-order chi connectivity index (χ0) is 12.8. The molecule has 0 N–H and O–H groups in total. The molecule has 0 atom stereocenters. The summed E-state index contributed by atoms with van der Waals surface area (Å²) in [6.07, 6.45) is 1.81. The average Bonchev–Trinajstić information content (AvgIpc) is 2.40. The van der Waals surface area contributed by atoms with Crippen molar-refractivity contribution < 1.29 is 9.31 Å². The van der Waals surface area contributed by atoms with Crippen LogP contribution >= 0.6 is 0 Å². The molecular formula is C13H20BNO2. The zero-order valence-electron chi connectivity index (χ0n) is 11.5. The molecule has 0 saturated carbocycles. The molecule has 4 heteroatoms. The minimum Gasteiger partial charge on any atom is -0.398 e. The number of rotatable bonds is 1. The third-order valence-corrected chi connectivity index (χ3v) is 3.99. The van der Waals surface area contributed by atoms with Crippen molar-refractivity contribution >= 4 is 12.7 Å². The van der Waals surface area contributed by atoms with Gasteiger partial charge < -0.3 is 9.31 Å². The van der Waals surface area contributed by atoms with Crippen LogP contribution in [-0.2, 0) is 9.31 Å². The Morgan fingerprint density at radius 2 is 1.59 bits per heavy atom. The van der Waals surface area contributed by atoms with Gasteiger partial charge in [-0.25, -0.2) is 0 Å². The summed E-state index contributed by atoms with van der Waals surface area (Å²) in [6.45, 7) is 12.3. The van der Waals surface area contributed by atoms with E-state index in [0.717, 1.165) is 11.2 Å². The Labute approximate surface area is 104 Å². The largest absolute Gasteiger partial charge is 0.514 e. The number of hydrogen-bond donors (Lipinski definition) is 0. The highest BCUT2D eigenvalue weighted by Crippen LogP contribution is 2.36. The SMILES string of the molecule is Cc1ccnc(B2OC(C)(C)C(C)(C)O2)c1C. The highest BCUT2D eigenvalue weighted by Gasteiger charge is 2.52. The molecule has 2 rings (SSSR count). The fraction of sp³-hybridized carbons (Fsp3) is 0.615. The van der Waals surface area contributed by atoms with Gasteiger partial charge in [-0.05, 0) is 58.7 Å². The molecule has 1 fully saturated rings. The minimum absolute atomic E-state index is 0.310. The lowest BCUT2D eigenvalue weighted by atomic mass is 9.80. The molecule has 0 aliphatic carbocycles. The Bertz CT molecular complexity index is 427. The van der Waals surface area contributed by atoms with E-state index in [9.17, 15) is 0 Å². The summed E-state index contributed by atoms with van der Waals surface area (Å²) in [7, 11) is -0.361. The van der Waals surface area contributed by atoms with Crippen LogP contribution in [0.25, 0.3) is 0 Å². The van der Waals surface area contributed by atoms with Gasteiger partial charge >= 0.3 is 7.12 Å². The molecule has 0 spiro atoms. The molecule has 17 heavy (non-hydrogen) atoms. The highest BCUT2D eigenvalue weighted by molar-refractivity contribution is 6.61. The van der Waals surface area contributed by atoms with Crippen LogP contribution in [0.2, 0.25) is 0 Å². The lowest BCUT2D eigenvalue weighted by Crippen LogP contribution is -2.41. The van der Waals surface area contributed by atoms with Gasteiger partial charge in [0.15, 0.2) is 0 Å². The fourth-order valence-electron chi connectivity index (χ4n) is 1.85. The van der Waals surface area contributed by atoms with Crippen molar-refractivity contribution in [3.63, 3.8) is 0 Å². The molecule has 3 nitrogen and oxygen atoms in total. The van der Waals surface area contributed by atoms with Crippen LogP contribution < -0.4 is 5.59 Å². The lowest BCUT2D eigenvalue weighted by molar-refractivity contribution is 0.00578. The normalized spacial score (nSPS) is 21.9. The van der Waals surface area contributed by atoms with Gasteiger partial charge in [0.1, 0.15) is 0 Å². The first-order valence-electron chi connectivity index (χ1n) is 6.02. The second-order valence-corrected chi connectivity index (χ2v) is 5.73. The third-order valence-electron chi connectivity index (χ3n) is 3.99. The first-order chi connectivity index (χ1) is 7.74. The zero-order valence-corrected chi connectivity index (χ0v) is 11.5. The second-order valence-electron chi connectivity index (χ2n) is 5.73. The van der Waals surface area contributed by atoms with Crippen molar-refractivity contribution in [2.24, 2.45) is 0 Å². The molecule has 1 aliphatic heterocycles. The van der Waals surface area contributed by atoms with Crippen molar-refractivity contribution in [3.05, 3.63) is 23.4 Å². The van der Waals surface area contributed by atoms with E-state index in [0.29, 0.717) is 0 Å². The van der Waals surface area contributed by atoms with Crippen LogP contribution in [0.15, 0.2) is 12.3 Å². The Hall–Kier alpha value is -0.865. The summed E-state index contributed by atoms with van der Waals surface area (Å²) >= 11 is 0. The molecule has 0 unspecified atom stereocenters. The number of aryl methyl sites for hydroxylation is 1. The van der Waals surface area contributed by atoms with Crippen LogP contribution in [0.4, 0.5) is 0 Å². The summed E-state index contributed by atoms with van der Waals surface area (Å²) < 4.78 is 12.0. The van der Waals surface area contributed by atoms with Gasteiger partial charge in [0, 0.05) is 6.20 Å². The van der Waals surface area contributed by atoms with E-state index in [2.05, 4.69) is 46.5 Å². The van der Waals surface area contributed by atoms with Crippen LogP contribution in [0.3, 0.4) is 0 Å². The lowest BCUT2D eigenvalue weighted by Gasteiger charge is -2.32. The van der Waals surface area contributed by atoms with Crippen molar-refractivity contribution in [1.82, 2.24) is 4.98 Å². The molecule has 0 amide bonds. The minimum atomic E-state index is -0.361. The molecule has 0 bridgehead atoms. The molecule has 0 aromatic carbocycles. The van der Waals surface area contributed by atoms with Crippen LogP contribution in [0.1, 0.15) is 38.8 Å². The predicted molar refractivity (Wildman–Crippen MR) is 69.4 cm³/mol. The topological polar surface area (TPSA) is 31.4 Å². The number of hydrogen-bond acceptors (Lipinski definition) is 3. The molecule has 0 radical (unpaired) electrons. The Morgan fingerprint density at radius 1 is 1.06 bits per heavy atom. The molecular weight excluding hydrogens is 213 g/mol. The molecule has 1 aromatic heterocycles. The molecule has 2 heterocycles. The monoisotopic (exact) mass is 233 g/mol. The van der Waals surface area contributed by atoms with E-state index in [-0.39, 0.29) is 18.3 Å². The third kappa shape index (κ3) is 2.00. The van der Waals surface area contributed by atoms with Crippen LogP contribution in [-0.4, -0.2) is 23.3 Å². The van der Waals surface area contributed by atoms with Gasteiger partial charge in [-0.15, -0.1) is 0 Å². The maximum atomic E-state index is 6.00. The molecule has 92 valence electrons. The van der Waals surface area contributed by atoms with Gasteiger partial charge in [-0.1, -0.05) is 0 Å². The quantitative estimate of drug-likeness (QED) is 0.695. The second kappa shape index (κ2) is 3.82. The number of pyridine rings is 1. The molecule has 1 aromatic rings. The van der Waals surface area contributed by atoms with Crippen molar-refractivity contribution in [2.45, 2.75) is 52.7 Å². The maximum absolute atomic E-state index is 6.00. The summed E-state index contributed by atoms with van der Waals surface area (Å²) in [4.78, 5) is 4.40.